The maximum atomic E-state index is 6.72. The summed E-state index contributed by atoms with van der Waals surface area (Å²) in [4.78, 5) is 0. The SMILES string of the molecule is CC(C)c1c2c3cc4oc5ccccc5c4c4c5ccccc5n(c2c(C(C)C)c2c5cc6oc7ccccc7c6c6c7ccccc7n(c12)c56)c34. The molecule has 0 saturated carbocycles. The van der Waals surface area contributed by atoms with E-state index >= 15 is 0 Å². The second kappa shape index (κ2) is 8.96. The van der Waals surface area contributed by atoms with E-state index in [9.17, 15) is 0 Å². The molecule has 4 heteroatoms. The van der Waals surface area contributed by atoms with Gasteiger partial charge >= 0.3 is 0 Å². The fraction of sp³-hybridized carbons (Fsp3) is 0.125. The molecular formula is C48H32N2O2. The molecule has 13 aromatic rings. The molecule has 0 bridgehead atoms. The van der Waals surface area contributed by atoms with Crippen molar-refractivity contribution in [2.24, 2.45) is 0 Å². The number of rotatable bonds is 2. The Morgan fingerprint density at radius 1 is 0.365 bits per heavy atom. The minimum atomic E-state index is 0.246. The number of hydrogen-bond donors (Lipinski definition) is 0. The summed E-state index contributed by atoms with van der Waals surface area (Å²) in [5.74, 6) is 0.491. The number of fused-ring (bicyclic) bond motifs is 20. The lowest BCUT2D eigenvalue weighted by atomic mass is 9.86. The molecule has 0 fully saturated rings. The molecule has 0 unspecified atom stereocenters. The third-order valence-corrected chi connectivity index (χ3v) is 12.2. The summed E-state index contributed by atoms with van der Waals surface area (Å²) in [5.41, 5.74) is 14.3. The molecule has 0 aliphatic rings. The first kappa shape index (κ1) is 27.5. The zero-order valence-corrected chi connectivity index (χ0v) is 29.3. The van der Waals surface area contributed by atoms with Gasteiger partial charge in [0.1, 0.15) is 22.3 Å². The molecule has 0 N–H and O–H groups in total. The van der Waals surface area contributed by atoms with E-state index in [1.54, 1.807) is 0 Å². The van der Waals surface area contributed by atoms with Crippen molar-refractivity contribution in [3.05, 3.63) is 120 Å². The summed E-state index contributed by atoms with van der Waals surface area (Å²) in [6.45, 7) is 9.50. The lowest BCUT2D eigenvalue weighted by Gasteiger charge is -2.19. The highest BCUT2D eigenvalue weighted by Gasteiger charge is 2.33. The third-order valence-electron chi connectivity index (χ3n) is 12.2. The summed E-state index contributed by atoms with van der Waals surface area (Å²) in [5, 5.41) is 15.1. The summed E-state index contributed by atoms with van der Waals surface area (Å²) in [7, 11) is 0. The number of nitrogens with zero attached hydrogens (tertiary/aromatic N) is 2. The van der Waals surface area contributed by atoms with Crippen molar-refractivity contribution in [1.82, 2.24) is 8.80 Å². The van der Waals surface area contributed by atoms with Crippen LogP contribution in [0.4, 0.5) is 0 Å². The van der Waals surface area contributed by atoms with Crippen molar-refractivity contribution < 1.29 is 8.83 Å². The van der Waals surface area contributed by atoms with E-state index in [-0.39, 0.29) is 11.8 Å². The summed E-state index contributed by atoms with van der Waals surface area (Å²) < 4.78 is 18.7. The van der Waals surface area contributed by atoms with Gasteiger partial charge in [-0.15, -0.1) is 0 Å². The molecule has 6 aromatic heterocycles. The Labute approximate surface area is 296 Å². The van der Waals surface area contributed by atoms with Gasteiger partial charge < -0.3 is 17.6 Å². The molecule has 13 rings (SSSR count). The molecule has 4 nitrogen and oxygen atoms in total. The Bertz CT molecular complexity index is 3450. The van der Waals surface area contributed by atoms with E-state index in [0.29, 0.717) is 0 Å². The van der Waals surface area contributed by atoms with E-state index in [4.69, 9.17) is 8.83 Å². The topological polar surface area (TPSA) is 35.1 Å². The maximum absolute atomic E-state index is 6.72. The Balaban J connectivity index is 1.40. The first-order chi connectivity index (χ1) is 25.5. The second-order valence-corrected chi connectivity index (χ2v) is 15.5. The number of benzene rings is 7. The zero-order valence-electron chi connectivity index (χ0n) is 29.3. The molecule has 0 radical (unpaired) electrons. The van der Waals surface area contributed by atoms with Crippen molar-refractivity contribution in [2.45, 2.75) is 39.5 Å². The number of hydrogen-bond acceptors (Lipinski definition) is 2. The Hall–Kier alpha value is -6.26. The lowest BCUT2D eigenvalue weighted by Crippen LogP contribution is -2.00. The molecule has 0 saturated heterocycles. The van der Waals surface area contributed by atoms with Crippen LogP contribution >= 0.6 is 0 Å². The first-order valence-electron chi connectivity index (χ1n) is 18.5. The van der Waals surface area contributed by atoms with Gasteiger partial charge in [-0.05, 0) is 59.4 Å². The van der Waals surface area contributed by atoms with Gasteiger partial charge in [0.05, 0.1) is 33.1 Å². The molecule has 0 atom stereocenters. The largest absolute Gasteiger partial charge is 0.456 e. The van der Waals surface area contributed by atoms with Crippen LogP contribution in [0.15, 0.2) is 118 Å². The highest BCUT2D eigenvalue weighted by Crippen LogP contribution is 2.54. The summed E-state index contributed by atoms with van der Waals surface area (Å²) in [6.07, 6.45) is 0. The average molecular weight is 669 g/mol. The van der Waals surface area contributed by atoms with E-state index in [0.717, 1.165) is 22.3 Å². The second-order valence-electron chi connectivity index (χ2n) is 15.5. The van der Waals surface area contributed by atoms with Crippen LogP contribution in [-0.2, 0) is 0 Å². The number of aromatic nitrogens is 2. The molecule has 246 valence electrons. The molecule has 6 heterocycles. The minimum absolute atomic E-state index is 0.246. The smallest absolute Gasteiger partial charge is 0.136 e. The van der Waals surface area contributed by atoms with Crippen LogP contribution in [0.3, 0.4) is 0 Å². The van der Waals surface area contributed by atoms with Crippen molar-refractivity contribution in [1.29, 1.82) is 0 Å². The van der Waals surface area contributed by atoms with Gasteiger partial charge in [0.15, 0.2) is 0 Å². The van der Waals surface area contributed by atoms with Gasteiger partial charge in [0.25, 0.3) is 0 Å². The number of para-hydroxylation sites is 4. The van der Waals surface area contributed by atoms with Gasteiger partial charge in [-0.1, -0.05) is 100 Å². The van der Waals surface area contributed by atoms with Crippen molar-refractivity contribution in [3.63, 3.8) is 0 Å². The first-order valence-corrected chi connectivity index (χ1v) is 18.5. The molecule has 0 aliphatic carbocycles. The van der Waals surface area contributed by atoms with Gasteiger partial charge in [-0.3, -0.25) is 0 Å². The standard InChI is InChI=1S/C48H32N2O2/c1-23(2)37-43-29-21-35-39(27-15-7-11-19-33(27)51-35)41-26-14-6-10-18-32(26)50(45(29)41)48(43)38(24(3)4)44-30-22-36-40(28-16-8-12-20-34(28)52-36)42-25-13-5-9-17-31(25)49(46(30)42)47(37)44/h5-24H,1-4H3. The molecule has 7 aromatic carbocycles. The van der Waals surface area contributed by atoms with Crippen molar-refractivity contribution in [2.75, 3.05) is 0 Å². The molecular weight excluding hydrogens is 637 g/mol. The Morgan fingerprint density at radius 2 is 0.750 bits per heavy atom. The molecule has 0 amide bonds. The van der Waals surface area contributed by atoms with E-state index < -0.39 is 0 Å². The predicted octanol–water partition coefficient (Wildman–Crippen LogP) is 14.0. The average Bonchev–Trinajstić information content (AvgIpc) is 3.98. The number of furan rings is 2. The van der Waals surface area contributed by atoms with Gasteiger partial charge in [0, 0.05) is 64.6 Å². The van der Waals surface area contributed by atoms with Crippen molar-refractivity contribution in [3.8, 4) is 0 Å². The van der Waals surface area contributed by atoms with E-state index in [1.807, 2.05) is 0 Å². The van der Waals surface area contributed by atoms with Crippen LogP contribution in [0.2, 0.25) is 0 Å². The fourth-order valence-electron chi connectivity index (χ4n) is 10.5. The van der Waals surface area contributed by atoms with Crippen molar-refractivity contribution >= 4 is 120 Å². The van der Waals surface area contributed by atoms with Crippen LogP contribution in [0.5, 0.6) is 0 Å². The van der Waals surface area contributed by atoms with Crippen LogP contribution in [-0.4, -0.2) is 8.80 Å². The maximum Gasteiger partial charge on any atom is 0.136 e. The molecule has 0 spiro atoms. The zero-order chi connectivity index (χ0) is 34.3. The van der Waals surface area contributed by atoms with E-state index in [1.165, 1.54) is 109 Å². The minimum Gasteiger partial charge on any atom is -0.456 e. The summed E-state index contributed by atoms with van der Waals surface area (Å²) >= 11 is 0. The molecule has 0 aliphatic heterocycles. The Kier molecular flexibility index (Phi) is 4.73. The quantitative estimate of drug-likeness (QED) is 0.184. The monoisotopic (exact) mass is 668 g/mol. The Morgan fingerprint density at radius 3 is 1.17 bits per heavy atom. The highest BCUT2D eigenvalue weighted by molar-refractivity contribution is 6.39. The third kappa shape index (κ3) is 2.91. The van der Waals surface area contributed by atoms with Crippen LogP contribution in [0.25, 0.3) is 120 Å². The van der Waals surface area contributed by atoms with Crippen LogP contribution in [0.1, 0.15) is 50.7 Å². The van der Waals surface area contributed by atoms with Gasteiger partial charge in [-0.25, -0.2) is 0 Å². The normalized spacial score (nSPS) is 13.3. The highest BCUT2D eigenvalue weighted by atomic mass is 16.3. The van der Waals surface area contributed by atoms with Gasteiger partial charge in [0.2, 0.25) is 0 Å². The fourth-order valence-corrected chi connectivity index (χ4v) is 10.5. The van der Waals surface area contributed by atoms with E-state index in [2.05, 4.69) is 146 Å². The van der Waals surface area contributed by atoms with Gasteiger partial charge in [-0.2, -0.15) is 0 Å². The summed E-state index contributed by atoms with van der Waals surface area (Å²) in [6, 6.07) is 39.7. The van der Waals surface area contributed by atoms with Crippen LogP contribution in [0, 0.1) is 0 Å². The lowest BCUT2D eigenvalue weighted by molar-refractivity contribution is 0.669. The molecule has 52 heavy (non-hydrogen) atoms. The predicted molar refractivity (Wildman–Crippen MR) is 218 cm³/mol. The van der Waals surface area contributed by atoms with Crippen LogP contribution < -0.4 is 0 Å².